The topological polar surface area (TPSA) is 76.0 Å². The van der Waals surface area contributed by atoms with Crippen molar-refractivity contribution in [1.29, 1.82) is 0 Å². The Kier molecular flexibility index (Phi) is 8.56. The fourth-order valence-electron chi connectivity index (χ4n) is 4.03. The first-order valence-corrected chi connectivity index (χ1v) is 12.4. The average Bonchev–Trinajstić information content (AvgIpc) is 3.48. The third-order valence-electron chi connectivity index (χ3n) is 5.94. The van der Waals surface area contributed by atoms with Gasteiger partial charge < -0.3 is 23.5 Å². The maximum absolute atomic E-state index is 13.0. The van der Waals surface area contributed by atoms with Crippen molar-refractivity contribution in [2.45, 2.75) is 45.6 Å². The first kappa shape index (κ1) is 26.1. The van der Waals surface area contributed by atoms with Crippen LogP contribution in [0, 0.1) is 13.8 Å². The van der Waals surface area contributed by atoms with Gasteiger partial charge in [-0.15, -0.1) is 0 Å². The number of ketones is 1. The van der Waals surface area contributed by atoms with Crippen molar-refractivity contribution >= 4 is 35.0 Å². The lowest BCUT2D eigenvalue weighted by molar-refractivity contribution is -0.164. The molecule has 7 nitrogen and oxygen atoms in total. The molecule has 0 radical (unpaired) electrons. The van der Waals surface area contributed by atoms with E-state index in [1.54, 1.807) is 48.5 Å². The van der Waals surface area contributed by atoms with Gasteiger partial charge in [0.25, 0.3) is 0 Å². The monoisotopic (exact) mass is 531 g/mol. The highest BCUT2D eigenvalue weighted by Crippen LogP contribution is 2.23. The highest BCUT2D eigenvalue weighted by atomic mass is 35.5. The number of aromatic nitrogens is 1. The van der Waals surface area contributed by atoms with Crippen molar-refractivity contribution < 1.29 is 28.5 Å². The van der Waals surface area contributed by atoms with Gasteiger partial charge in [0.15, 0.2) is 6.61 Å². The summed E-state index contributed by atoms with van der Waals surface area (Å²) in [7, 11) is 0. The maximum atomic E-state index is 13.0. The van der Waals surface area contributed by atoms with E-state index in [-0.39, 0.29) is 11.9 Å². The minimum atomic E-state index is -1.45. The van der Waals surface area contributed by atoms with Crippen LogP contribution in [0.25, 0.3) is 0 Å². The molecule has 1 fully saturated rings. The molecule has 0 N–H and O–H groups in total. The molecule has 190 valence electrons. The van der Waals surface area contributed by atoms with Gasteiger partial charge in [-0.3, -0.25) is 4.79 Å². The number of nitrogens with zero attached hydrogens (tertiary/aromatic N) is 1. The highest BCUT2D eigenvalue weighted by molar-refractivity contribution is 6.30. The number of halogens is 2. The summed E-state index contributed by atoms with van der Waals surface area (Å²) >= 11 is 11.9. The number of aryl methyl sites for hydroxylation is 1. The Morgan fingerprint density at radius 2 is 1.58 bits per heavy atom. The molecule has 1 saturated heterocycles. The van der Waals surface area contributed by atoms with Crippen LogP contribution in [-0.4, -0.2) is 41.9 Å². The first-order valence-electron chi connectivity index (χ1n) is 11.6. The fraction of sp³-hybridized carbons (Fsp3) is 0.333. The van der Waals surface area contributed by atoms with E-state index in [9.17, 15) is 9.59 Å². The summed E-state index contributed by atoms with van der Waals surface area (Å²) in [5.74, 6) is -0.466. The molecule has 1 aliphatic heterocycles. The molecule has 3 aromatic rings. The zero-order valence-corrected chi connectivity index (χ0v) is 21.6. The SMILES string of the molecule is Cc1cc(C(=O)COC(=O)C(Oc2ccc(Cl)cc2)Oc2ccc(Cl)cc2)c(C)n1C[C@@H]1CCCO1. The molecule has 0 spiro atoms. The van der Waals surface area contributed by atoms with Gasteiger partial charge in [0.05, 0.1) is 6.10 Å². The van der Waals surface area contributed by atoms with E-state index >= 15 is 0 Å². The Hall–Kier alpha value is -3.00. The van der Waals surface area contributed by atoms with E-state index in [4.69, 9.17) is 42.1 Å². The van der Waals surface area contributed by atoms with Crippen molar-refractivity contribution in [2.75, 3.05) is 13.2 Å². The van der Waals surface area contributed by atoms with Crippen molar-refractivity contribution in [2.24, 2.45) is 0 Å². The minimum Gasteiger partial charge on any atom is -0.452 e. The zero-order chi connectivity index (χ0) is 25.7. The lowest BCUT2D eigenvalue weighted by Gasteiger charge is -2.19. The molecular formula is C27H27Cl2NO6. The molecule has 0 unspecified atom stereocenters. The molecule has 1 atom stereocenters. The highest BCUT2D eigenvalue weighted by Gasteiger charge is 2.27. The summed E-state index contributed by atoms with van der Waals surface area (Å²) in [6, 6.07) is 14.7. The Morgan fingerprint density at radius 1 is 1.00 bits per heavy atom. The smallest absolute Gasteiger partial charge is 0.389 e. The zero-order valence-electron chi connectivity index (χ0n) is 20.0. The molecule has 0 amide bonds. The normalized spacial score (nSPS) is 15.2. The summed E-state index contributed by atoms with van der Waals surface area (Å²) in [4.78, 5) is 25.9. The average molecular weight is 532 g/mol. The largest absolute Gasteiger partial charge is 0.452 e. The second-order valence-corrected chi connectivity index (χ2v) is 9.41. The Labute approximate surface area is 219 Å². The Morgan fingerprint density at radius 3 is 2.11 bits per heavy atom. The molecule has 1 aliphatic rings. The molecule has 0 bridgehead atoms. The van der Waals surface area contributed by atoms with Crippen molar-refractivity contribution in [1.82, 2.24) is 4.57 Å². The van der Waals surface area contributed by atoms with E-state index in [1.165, 1.54) is 0 Å². The summed E-state index contributed by atoms with van der Waals surface area (Å²) < 4.78 is 24.5. The fourth-order valence-corrected chi connectivity index (χ4v) is 4.28. The van der Waals surface area contributed by atoms with Gasteiger partial charge in [-0.2, -0.15) is 0 Å². The second kappa shape index (κ2) is 11.8. The van der Waals surface area contributed by atoms with E-state index in [2.05, 4.69) is 4.57 Å². The molecule has 2 heterocycles. The van der Waals surface area contributed by atoms with Crippen LogP contribution < -0.4 is 9.47 Å². The van der Waals surface area contributed by atoms with Gasteiger partial charge in [0, 0.05) is 40.1 Å². The van der Waals surface area contributed by atoms with Crippen LogP contribution >= 0.6 is 23.2 Å². The molecule has 0 saturated carbocycles. The van der Waals surface area contributed by atoms with Crippen molar-refractivity contribution in [3.05, 3.63) is 81.6 Å². The van der Waals surface area contributed by atoms with Crippen LogP contribution in [0.15, 0.2) is 54.6 Å². The lowest BCUT2D eigenvalue weighted by atomic mass is 10.1. The number of rotatable bonds is 10. The number of carbonyl (C=O) groups excluding carboxylic acids is 2. The van der Waals surface area contributed by atoms with Crippen LogP contribution in [0.4, 0.5) is 0 Å². The molecule has 2 aromatic carbocycles. The van der Waals surface area contributed by atoms with E-state index in [0.717, 1.165) is 30.8 Å². The summed E-state index contributed by atoms with van der Waals surface area (Å²) in [5.41, 5.74) is 2.27. The Bertz CT molecular complexity index is 1150. The lowest BCUT2D eigenvalue weighted by Crippen LogP contribution is -2.36. The first-order chi connectivity index (χ1) is 17.3. The third-order valence-corrected chi connectivity index (χ3v) is 6.44. The van der Waals surface area contributed by atoms with E-state index in [1.807, 2.05) is 19.9 Å². The van der Waals surface area contributed by atoms with Gasteiger partial charge in [0.2, 0.25) is 5.78 Å². The quantitative estimate of drug-likeness (QED) is 0.187. The van der Waals surface area contributed by atoms with Gasteiger partial charge >= 0.3 is 12.3 Å². The summed E-state index contributed by atoms with van der Waals surface area (Å²) in [5, 5.41) is 1.03. The van der Waals surface area contributed by atoms with E-state index < -0.39 is 18.9 Å². The molecule has 4 rings (SSSR count). The molecule has 9 heteroatoms. The van der Waals surface area contributed by atoms with Crippen LogP contribution in [0.1, 0.15) is 34.6 Å². The van der Waals surface area contributed by atoms with Gasteiger partial charge in [-0.25, -0.2) is 4.79 Å². The summed E-state index contributed by atoms with van der Waals surface area (Å²) in [6.07, 6.45) is 0.738. The predicted molar refractivity (Wildman–Crippen MR) is 136 cm³/mol. The number of hydrogen-bond acceptors (Lipinski definition) is 6. The number of esters is 1. The van der Waals surface area contributed by atoms with Crippen molar-refractivity contribution in [3.63, 3.8) is 0 Å². The van der Waals surface area contributed by atoms with Crippen molar-refractivity contribution in [3.8, 4) is 11.5 Å². The number of carbonyl (C=O) groups is 2. The van der Waals surface area contributed by atoms with E-state index in [0.29, 0.717) is 33.7 Å². The van der Waals surface area contributed by atoms with Gasteiger partial charge in [-0.1, -0.05) is 23.2 Å². The number of Topliss-reactive ketones (excluding diaryl/α,β-unsaturated/α-hetero) is 1. The molecule has 0 aliphatic carbocycles. The van der Waals surface area contributed by atoms with Crippen LogP contribution in [0.3, 0.4) is 0 Å². The van der Waals surface area contributed by atoms with Crippen LogP contribution in [-0.2, 0) is 20.8 Å². The number of ether oxygens (including phenoxy) is 4. The number of hydrogen-bond donors (Lipinski definition) is 0. The second-order valence-electron chi connectivity index (χ2n) is 8.54. The minimum absolute atomic E-state index is 0.145. The third kappa shape index (κ3) is 6.60. The molecule has 1 aromatic heterocycles. The molecule has 36 heavy (non-hydrogen) atoms. The number of benzene rings is 2. The van der Waals surface area contributed by atoms with Crippen LogP contribution in [0.2, 0.25) is 10.0 Å². The Balaban J connectivity index is 1.43. The van der Waals surface area contributed by atoms with Crippen LogP contribution in [0.5, 0.6) is 11.5 Å². The summed E-state index contributed by atoms with van der Waals surface area (Å²) in [6.45, 7) is 4.83. The predicted octanol–water partition coefficient (Wildman–Crippen LogP) is 5.80. The standard InChI is InChI=1S/C27H27Cl2NO6/c1-17-14-24(18(2)30(17)15-23-4-3-13-33-23)25(31)16-34-26(32)27(35-21-9-5-19(28)6-10-21)36-22-11-7-20(29)8-12-22/h5-12,14,23,27H,3-4,13,15-16H2,1-2H3/t23-/m0/s1. The molecular weight excluding hydrogens is 505 g/mol. The maximum Gasteiger partial charge on any atom is 0.389 e. The van der Waals surface area contributed by atoms with Gasteiger partial charge in [0.1, 0.15) is 11.5 Å². The van der Waals surface area contributed by atoms with Gasteiger partial charge in [-0.05, 0) is 81.3 Å².